The van der Waals surface area contributed by atoms with Crippen LogP contribution in [0.3, 0.4) is 0 Å². The Bertz CT molecular complexity index is 319. The van der Waals surface area contributed by atoms with E-state index in [0.29, 0.717) is 12.3 Å². The van der Waals surface area contributed by atoms with Gasteiger partial charge in [-0.05, 0) is 24.3 Å². The summed E-state index contributed by atoms with van der Waals surface area (Å²) in [5, 5.41) is 0. The second-order valence-corrected chi connectivity index (χ2v) is 4.45. The van der Waals surface area contributed by atoms with Gasteiger partial charge in [0.05, 0.1) is 0 Å². The fourth-order valence-corrected chi connectivity index (χ4v) is 2.39. The summed E-state index contributed by atoms with van der Waals surface area (Å²) < 4.78 is 14.2. The van der Waals surface area contributed by atoms with E-state index in [1.54, 1.807) is 0 Å². The van der Waals surface area contributed by atoms with Gasteiger partial charge in [-0.1, -0.05) is 37.3 Å². The van der Waals surface area contributed by atoms with Crippen LogP contribution in [0.25, 0.3) is 0 Å². The van der Waals surface area contributed by atoms with Crippen molar-refractivity contribution >= 4 is 0 Å². The molecule has 82 valence electrons. The first-order valence-electron chi connectivity index (χ1n) is 5.65. The summed E-state index contributed by atoms with van der Waals surface area (Å²) in [5.74, 6) is 0.523. The molecule has 0 aromatic heterocycles. The Labute approximate surface area is 90.5 Å². The molecule has 1 aliphatic rings. The Kier molecular flexibility index (Phi) is 2.79. The maximum absolute atomic E-state index is 14.2. The summed E-state index contributed by atoms with van der Waals surface area (Å²) >= 11 is 0. The molecule has 1 nitrogen and oxygen atoms in total. The predicted molar refractivity (Wildman–Crippen MR) is 60.5 cm³/mol. The van der Waals surface area contributed by atoms with Crippen molar-refractivity contribution in [2.75, 3.05) is 6.54 Å². The molecule has 2 rings (SSSR count). The molecule has 3 atom stereocenters. The number of benzene rings is 1. The van der Waals surface area contributed by atoms with Gasteiger partial charge in [-0.25, -0.2) is 4.39 Å². The number of hydrogen-bond acceptors (Lipinski definition) is 1. The number of alkyl halides is 1. The minimum absolute atomic E-state index is 0.134. The van der Waals surface area contributed by atoms with Crippen molar-refractivity contribution < 1.29 is 4.39 Å². The molecule has 1 aromatic rings. The molecule has 0 heterocycles. The van der Waals surface area contributed by atoms with Gasteiger partial charge < -0.3 is 5.73 Å². The molecule has 1 aliphatic carbocycles. The first-order valence-corrected chi connectivity index (χ1v) is 5.65. The summed E-state index contributed by atoms with van der Waals surface area (Å²) in [7, 11) is 0. The van der Waals surface area contributed by atoms with Gasteiger partial charge in [0, 0.05) is 12.5 Å². The SMILES string of the molecule is CCC(F)(CN)C1CC1c1ccccc1. The van der Waals surface area contributed by atoms with Crippen molar-refractivity contribution in [3.05, 3.63) is 35.9 Å². The second kappa shape index (κ2) is 3.93. The fraction of sp³-hybridized carbons (Fsp3) is 0.538. The number of halogens is 1. The van der Waals surface area contributed by atoms with Crippen LogP contribution in [0.2, 0.25) is 0 Å². The molecular weight excluding hydrogens is 189 g/mol. The van der Waals surface area contributed by atoms with Crippen LogP contribution >= 0.6 is 0 Å². The highest BCUT2D eigenvalue weighted by Gasteiger charge is 2.52. The molecule has 0 saturated heterocycles. The van der Waals surface area contributed by atoms with Crippen LogP contribution in [0, 0.1) is 5.92 Å². The first kappa shape index (κ1) is 10.6. The lowest BCUT2D eigenvalue weighted by Crippen LogP contribution is -2.35. The number of rotatable bonds is 4. The zero-order valence-electron chi connectivity index (χ0n) is 9.12. The lowest BCUT2D eigenvalue weighted by molar-refractivity contribution is 0.134. The minimum Gasteiger partial charge on any atom is -0.328 e. The molecule has 0 radical (unpaired) electrons. The lowest BCUT2D eigenvalue weighted by atomic mass is 9.93. The van der Waals surface area contributed by atoms with Crippen LogP contribution in [0.5, 0.6) is 0 Å². The van der Waals surface area contributed by atoms with Crippen LogP contribution in [0.1, 0.15) is 31.2 Å². The quantitative estimate of drug-likeness (QED) is 0.807. The van der Waals surface area contributed by atoms with Gasteiger partial charge in [-0.15, -0.1) is 0 Å². The van der Waals surface area contributed by atoms with Crippen molar-refractivity contribution in [3.63, 3.8) is 0 Å². The fourth-order valence-electron chi connectivity index (χ4n) is 2.39. The minimum atomic E-state index is -1.15. The molecule has 0 bridgehead atoms. The average Bonchev–Trinajstić information content (AvgIpc) is 3.10. The van der Waals surface area contributed by atoms with Crippen molar-refractivity contribution in [3.8, 4) is 0 Å². The van der Waals surface area contributed by atoms with Gasteiger partial charge >= 0.3 is 0 Å². The molecule has 0 aliphatic heterocycles. The van der Waals surface area contributed by atoms with E-state index in [2.05, 4.69) is 12.1 Å². The first-order chi connectivity index (χ1) is 7.21. The van der Waals surface area contributed by atoms with Gasteiger partial charge in [0.1, 0.15) is 5.67 Å². The van der Waals surface area contributed by atoms with E-state index in [0.717, 1.165) is 6.42 Å². The summed E-state index contributed by atoms with van der Waals surface area (Å²) in [6.07, 6.45) is 1.48. The summed E-state index contributed by atoms with van der Waals surface area (Å²) in [5.41, 5.74) is 5.63. The van der Waals surface area contributed by atoms with Crippen molar-refractivity contribution in [2.45, 2.75) is 31.4 Å². The Hall–Kier alpha value is -0.890. The van der Waals surface area contributed by atoms with Crippen molar-refractivity contribution in [1.29, 1.82) is 0 Å². The Morgan fingerprint density at radius 1 is 1.40 bits per heavy atom. The molecule has 1 saturated carbocycles. The highest BCUT2D eigenvalue weighted by Crippen LogP contribution is 2.55. The maximum atomic E-state index is 14.2. The van der Waals surface area contributed by atoms with Gasteiger partial charge in [-0.3, -0.25) is 0 Å². The predicted octanol–water partition coefficient (Wildman–Crippen LogP) is 2.87. The topological polar surface area (TPSA) is 26.0 Å². The number of nitrogens with two attached hydrogens (primary N) is 1. The monoisotopic (exact) mass is 207 g/mol. The highest BCUT2D eigenvalue weighted by molar-refractivity contribution is 5.27. The van der Waals surface area contributed by atoms with E-state index in [-0.39, 0.29) is 12.5 Å². The molecule has 1 fully saturated rings. The largest absolute Gasteiger partial charge is 0.328 e. The van der Waals surface area contributed by atoms with Gasteiger partial charge in [-0.2, -0.15) is 0 Å². The Morgan fingerprint density at radius 3 is 2.60 bits per heavy atom. The molecule has 3 unspecified atom stereocenters. The molecule has 2 N–H and O–H groups in total. The normalized spacial score (nSPS) is 28.5. The van der Waals surface area contributed by atoms with E-state index < -0.39 is 5.67 Å². The standard InChI is InChI=1S/C13H18FN/c1-2-13(14,9-15)12-8-11(12)10-6-4-3-5-7-10/h3-7,11-12H,2,8-9,15H2,1H3. The van der Waals surface area contributed by atoms with E-state index in [4.69, 9.17) is 5.73 Å². The lowest BCUT2D eigenvalue weighted by Gasteiger charge is -2.22. The second-order valence-electron chi connectivity index (χ2n) is 4.45. The number of hydrogen-bond donors (Lipinski definition) is 1. The molecule has 1 aromatic carbocycles. The summed E-state index contributed by atoms with van der Waals surface area (Å²) in [6, 6.07) is 10.2. The van der Waals surface area contributed by atoms with Crippen LogP contribution in [0.4, 0.5) is 4.39 Å². The Balaban J connectivity index is 2.08. The van der Waals surface area contributed by atoms with Crippen LogP contribution in [0.15, 0.2) is 30.3 Å². The van der Waals surface area contributed by atoms with E-state index in [1.165, 1.54) is 5.56 Å². The van der Waals surface area contributed by atoms with E-state index in [9.17, 15) is 4.39 Å². The van der Waals surface area contributed by atoms with Crippen LogP contribution in [-0.4, -0.2) is 12.2 Å². The zero-order valence-corrected chi connectivity index (χ0v) is 9.12. The maximum Gasteiger partial charge on any atom is 0.126 e. The molecule has 2 heteroatoms. The zero-order chi connectivity index (χ0) is 10.9. The van der Waals surface area contributed by atoms with Crippen LogP contribution < -0.4 is 5.73 Å². The van der Waals surface area contributed by atoms with Gasteiger partial charge in [0.2, 0.25) is 0 Å². The third kappa shape index (κ3) is 1.91. The third-order valence-electron chi connectivity index (χ3n) is 3.61. The van der Waals surface area contributed by atoms with Crippen molar-refractivity contribution in [2.24, 2.45) is 11.7 Å². The van der Waals surface area contributed by atoms with Crippen molar-refractivity contribution in [1.82, 2.24) is 0 Å². The molecule has 0 spiro atoms. The summed E-state index contributed by atoms with van der Waals surface area (Å²) in [6.45, 7) is 2.03. The Morgan fingerprint density at radius 2 is 2.07 bits per heavy atom. The highest BCUT2D eigenvalue weighted by atomic mass is 19.1. The molecular formula is C13H18FN. The molecule has 15 heavy (non-hydrogen) atoms. The smallest absolute Gasteiger partial charge is 0.126 e. The average molecular weight is 207 g/mol. The van der Waals surface area contributed by atoms with Gasteiger partial charge in [0.15, 0.2) is 0 Å². The summed E-state index contributed by atoms with van der Waals surface area (Å²) in [4.78, 5) is 0. The van der Waals surface area contributed by atoms with E-state index in [1.807, 2.05) is 25.1 Å². The van der Waals surface area contributed by atoms with Gasteiger partial charge in [0.25, 0.3) is 0 Å². The van der Waals surface area contributed by atoms with Crippen LogP contribution in [-0.2, 0) is 0 Å². The molecule has 0 amide bonds. The third-order valence-corrected chi connectivity index (χ3v) is 3.61. The van der Waals surface area contributed by atoms with E-state index >= 15 is 0 Å².